The van der Waals surface area contributed by atoms with Gasteiger partial charge in [0.15, 0.2) is 0 Å². The summed E-state index contributed by atoms with van der Waals surface area (Å²) in [7, 11) is -4.19. The van der Waals surface area contributed by atoms with Crippen LogP contribution < -0.4 is 10.0 Å². The SMILES string of the molecule is Cc1ccc(NS(=O)(=O)c2ccc3c4c(cccc24)C(=O)N3)cc1C(F)(F)F. The lowest BCUT2D eigenvalue weighted by Gasteiger charge is -2.14. The Morgan fingerprint density at radius 2 is 1.79 bits per heavy atom. The fraction of sp³-hybridized carbons (Fsp3) is 0.105. The zero-order chi connectivity index (χ0) is 20.3. The normalized spacial score (nSPS) is 13.6. The number of nitrogens with one attached hydrogen (secondary N) is 2. The van der Waals surface area contributed by atoms with Crippen LogP contribution in [0.15, 0.2) is 53.4 Å². The molecule has 0 saturated carbocycles. The van der Waals surface area contributed by atoms with Gasteiger partial charge in [-0.2, -0.15) is 13.2 Å². The molecule has 0 spiro atoms. The first-order chi connectivity index (χ1) is 13.1. The van der Waals surface area contributed by atoms with E-state index in [0.717, 1.165) is 6.07 Å². The van der Waals surface area contributed by atoms with Gasteiger partial charge in [0.1, 0.15) is 0 Å². The number of aryl methyl sites for hydroxylation is 1. The van der Waals surface area contributed by atoms with Crippen molar-refractivity contribution in [1.29, 1.82) is 0 Å². The number of hydrogen-bond acceptors (Lipinski definition) is 3. The zero-order valence-electron chi connectivity index (χ0n) is 14.4. The summed E-state index contributed by atoms with van der Waals surface area (Å²) in [5.74, 6) is -0.337. The first kappa shape index (κ1) is 18.3. The number of alkyl halides is 3. The van der Waals surface area contributed by atoms with Gasteiger partial charge >= 0.3 is 6.18 Å². The molecule has 4 rings (SSSR count). The highest BCUT2D eigenvalue weighted by Gasteiger charge is 2.33. The van der Waals surface area contributed by atoms with Crippen LogP contribution in [0.25, 0.3) is 10.8 Å². The Hall–Kier alpha value is -3.07. The lowest BCUT2D eigenvalue weighted by molar-refractivity contribution is -0.138. The molecule has 1 aliphatic heterocycles. The van der Waals surface area contributed by atoms with Crippen molar-refractivity contribution in [3.8, 4) is 0 Å². The van der Waals surface area contributed by atoms with Crippen LogP contribution in [0, 0.1) is 6.92 Å². The largest absolute Gasteiger partial charge is 0.416 e. The number of rotatable bonds is 3. The Kier molecular flexibility index (Phi) is 3.90. The van der Waals surface area contributed by atoms with Crippen LogP contribution in [-0.4, -0.2) is 14.3 Å². The number of benzene rings is 3. The summed E-state index contributed by atoms with van der Waals surface area (Å²) in [5.41, 5.74) is -0.285. The van der Waals surface area contributed by atoms with Gasteiger partial charge in [-0.25, -0.2) is 8.42 Å². The molecule has 2 N–H and O–H groups in total. The minimum Gasteiger partial charge on any atom is -0.321 e. The lowest BCUT2D eigenvalue weighted by Crippen LogP contribution is -2.15. The molecule has 1 heterocycles. The summed E-state index contributed by atoms with van der Waals surface area (Å²) in [6.07, 6.45) is -4.60. The van der Waals surface area contributed by atoms with Gasteiger partial charge in [0.05, 0.1) is 10.5 Å². The number of amides is 1. The Bertz CT molecular complexity index is 1250. The third-order valence-electron chi connectivity index (χ3n) is 4.58. The molecular formula is C19H13F3N2O3S. The van der Waals surface area contributed by atoms with Gasteiger partial charge in [0.25, 0.3) is 15.9 Å². The number of sulfonamides is 1. The number of halogens is 3. The zero-order valence-corrected chi connectivity index (χ0v) is 15.2. The van der Waals surface area contributed by atoms with Gasteiger partial charge < -0.3 is 5.32 Å². The van der Waals surface area contributed by atoms with Crippen molar-refractivity contribution in [2.75, 3.05) is 10.0 Å². The highest BCUT2D eigenvalue weighted by atomic mass is 32.2. The van der Waals surface area contributed by atoms with Crippen LogP contribution >= 0.6 is 0 Å². The van der Waals surface area contributed by atoms with Gasteiger partial charge in [0, 0.05) is 27.7 Å². The molecule has 0 fully saturated rings. The van der Waals surface area contributed by atoms with Crippen molar-refractivity contribution in [3.63, 3.8) is 0 Å². The minimum atomic E-state index is -4.60. The van der Waals surface area contributed by atoms with Crippen LogP contribution in [-0.2, 0) is 16.2 Å². The summed E-state index contributed by atoms with van der Waals surface area (Å²) in [5, 5.41) is 3.43. The second kappa shape index (κ2) is 5.96. The maximum Gasteiger partial charge on any atom is 0.416 e. The molecular weight excluding hydrogens is 393 g/mol. The van der Waals surface area contributed by atoms with Crippen LogP contribution in [0.2, 0.25) is 0 Å². The molecule has 5 nitrogen and oxygen atoms in total. The van der Waals surface area contributed by atoms with Gasteiger partial charge in [-0.3, -0.25) is 9.52 Å². The standard InChI is InChI=1S/C19H13F3N2O3S/c1-10-5-6-11(9-14(10)19(20,21)22)24-28(26,27)16-8-7-15-17-12(16)3-2-4-13(17)18(25)23-15/h2-9,24H,1H3,(H,23,25). The Balaban J connectivity index is 1.81. The highest BCUT2D eigenvalue weighted by molar-refractivity contribution is 7.93. The maximum atomic E-state index is 13.1. The van der Waals surface area contributed by atoms with Crippen LogP contribution in [0.5, 0.6) is 0 Å². The molecule has 0 aliphatic carbocycles. The molecule has 144 valence electrons. The molecule has 0 radical (unpaired) electrons. The number of carbonyl (C=O) groups excluding carboxylic acids is 1. The van der Waals surface area contributed by atoms with Gasteiger partial charge in [-0.15, -0.1) is 0 Å². The highest BCUT2D eigenvalue weighted by Crippen LogP contribution is 2.38. The molecule has 0 bridgehead atoms. The molecule has 3 aromatic carbocycles. The quantitative estimate of drug-likeness (QED) is 0.671. The van der Waals surface area contributed by atoms with E-state index >= 15 is 0 Å². The molecule has 0 aromatic heterocycles. The topological polar surface area (TPSA) is 75.3 Å². The predicted octanol–water partition coefficient (Wildman–Crippen LogP) is 4.53. The van der Waals surface area contributed by atoms with E-state index in [9.17, 15) is 26.4 Å². The minimum absolute atomic E-state index is 0.00892. The van der Waals surface area contributed by atoms with E-state index in [2.05, 4.69) is 10.0 Å². The van der Waals surface area contributed by atoms with E-state index in [4.69, 9.17) is 0 Å². The van der Waals surface area contributed by atoms with E-state index < -0.39 is 21.8 Å². The smallest absolute Gasteiger partial charge is 0.321 e. The summed E-state index contributed by atoms with van der Waals surface area (Å²) >= 11 is 0. The molecule has 9 heteroatoms. The van der Waals surface area contributed by atoms with E-state index in [-0.39, 0.29) is 22.1 Å². The van der Waals surface area contributed by atoms with Gasteiger partial charge in [0.2, 0.25) is 0 Å². The van der Waals surface area contributed by atoms with Crippen LogP contribution in [0.1, 0.15) is 21.5 Å². The second-order valence-electron chi connectivity index (χ2n) is 6.43. The Morgan fingerprint density at radius 3 is 2.50 bits per heavy atom. The Morgan fingerprint density at radius 1 is 1.04 bits per heavy atom. The van der Waals surface area contributed by atoms with E-state index in [1.165, 1.54) is 31.2 Å². The van der Waals surface area contributed by atoms with Crippen LogP contribution in [0.4, 0.5) is 24.5 Å². The van der Waals surface area contributed by atoms with E-state index in [1.54, 1.807) is 18.2 Å². The summed E-state index contributed by atoms with van der Waals surface area (Å²) in [6.45, 7) is 1.30. The summed E-state index contributed by atoms with van der Waals surface area (Å²) < 4.78 is 67.3. The van der Waals surface area contributed by atoms with Gasteiger partial charge in [-0.05, 0) is 42.8 Å². The molecule has 1 amide bonds. The first-order valence-corrected chi connectivity index (χ1v) is 9.64. The van der Waals surface area contributed by atoms with Gasteiger partial charge in [-0.1, -0.05) is 18.2 Å². The number of hydrogen-bond donors (Lipinski definition) is 2. The van der Waals surface area contributed by atoms with Crippen molar-refractivity contribution in [1.82, 2.24) is 0 Å². The van der Waals surface area contributed by atoms with Crippen molar-refractivity contribution < 1.29 is 26.4 Å². The van der Waals surface area contributed by atoms with Crippen molar-refractivity contribution in [3.05, 3.63) is 65.2 Å². The molecule has 0 atom stereocenters. The van der Waals surface area contributed by atoms with Crippen molar-refractivity contribution in [2.24, 2.45) is 0 Å². The number of carbonyl (C=O) groups is 1. The molecule has 1 aliphatic rings. The summed E-state index contributed by atoms with van der Waals surface area (Å²) in [4.78, 5) is 11.9. The second-order valence-corrected chi connectivity index (χ2v) is 8.08. The average Bonchev–Trinajstić information content (AvgIpc) is 2.93. The Labute approximate surface area is 158 Å². The molecule has 0 saturated heterocycles. The van der Waals surface area contributed by atoms with Crippen molar-refractivity contribution in [2.45, 2.75) is 18.0 Å². The third-order valence-corrected chi connectivity index (χ3v) is 6.02. The maximum absolute atomic E-state index is 13.1. The monoisotopic (exact) mass is 406 g/mol. The molecule has 0 unspecified atom stereocenters. The number of anilines is 2. The third kappa shape index (κ3) is 2.88. The van der Waals surface area contributed by atoms with E-state index in [0.29, 0.717) is 22.0 Å². The lowest BCUT2D eigenvalue weighted by atomic mass is 10.1. The predicted molar refractivity (Wildman–Crippen MR) is 98.9 cm³/mol. The fourth-order valence-electron chi connectivity index (χ4n) is 3.30. The summed E-state index contributed by atoms with van der Waals surface area (Å²) in [6, 6.07) is 10.7. The van der Waals surface area contributed by atoms with Crippen LogP contribution in [0.3, 0.4) is 0 Å². The fourth-order valence-corrected chi connectivity index (χ4v) is 4.55. The first-order valence-electron chi connectivity index (χ1n) is 8.16. The van der Waals surface area contributed by atoms with E-state index in [1.807, 2.05) is 0 Å². The average molecular weight is 406 g/mol. The molecule has 3 aromatic rings. The van der Waals surface area contributed by atoms with Crippen molar-refractivity contribution >= 4 is 38.1 Å². The molecule has 28 heavy (non-hydrogen) atoms.